The van der Waals surface area contributed by atoms with E-state index in [2.05, 4.69) is 31.9 Å². The number of esters is 1. The van der Waals surface area contributed by atoms with Gasteiger partial charge in [0.15, 0.2) is 0 Å². The molecule has 0 aromatic carbocycles. The second-order valence-corrected chi connectivity index (χ2v) is 5.07. The molecule has 0 radical (unpaired) electrons. The van der Waals surface area contributed by atoms with Crippen molar-refractivity contribution in [3.05, 3.63) is 0 Å². The van der Waals surface area contributed by atoms with Crippen molar-refractivity contribution >= 4 is 37.8 Å². The van der Waals surface area contributed by atoms with Crippen molar-refractivity contribution < 1.29 is 9.53 Å². The number of carbonyl (C=O) groups excluding carboxylic acids is 1. The third-order valence-corrected chi connectivity index (χ3v) is 4.83. The van der Waals surface area contributed by atoms with Crippen molar-refractivity contribution in [1.82, 2.24) is 0 Å². The summed E-state index contributed by atoms with van der Waals surface area (Å²) in [5.41, 5.74) is 5.13. The van der Waals surface area contributed by atoms with E-state index in [1.165, 1.54) is 0 Å². The first-order valence-corrected chi connectivity index (χ1v) is 6.26. The molecule has 0 amide bonds. The summed E-state index contributed by atoms with van der Waals surface area (Å²) in [4.78, 5) is 11.6. The summed E-state index contributed by atoms with van der Waals surface area (Å²) in [6.07, 6.45) is 0.716. The highest BCUT2D eigenvalue weighted by Crippen LogP contribution is 2.47. The fraction of sp³-hybridized carbons (Fsp3) is 0.875. The Bertz CT molecular complexity index is 212. The van der Waals surface area contributed by atoms with E-state index in [-0.39, 0.29) is 16.7 Å². The van der Waals surface area contributed by atoms with Gasteiger partial charge >= 0.3 is 5.97 Å². The summed E-state index contributed by atoms with van der Waals surface area (Å²) in [6, 6.07) is 0. The van der Waals surface area contributed by atoms with E-state index in [0.29, 0.717) is 13.0 Å². The SMILES string of the molecule is CCOC(=O)[C@@]1(N)C[C@H]1C(Br)CBr. The minimum absolute atomic E-state index is 0.200. The lowest BCUT2D eigenvalue weighted by Crippen LogP contribution is -2.38. The number of nitrogens with two attached hydrogens (primary N) is 1. The number of rotatable bonds is 4. The van der Waals surface area contributed by atoms with E-state index in [9.17, 15) is 4.79 Å². The molecule has 13 heavy (non-hydrogen) atoms. The van der Waals surface area contributed by atoms with Crippen LogP contribution in [0.3, 0.4) is 0 Å². The topological polar surface area (TPSA) is 52.3 Å². The number of alkyl halides is 2. The largest absolute Gasteiger partial charge is 0.465 e. The molecule has 1 rings (SSSR count). The fourth-order valence-corrected chi connectivity index (χ4v) is 2.47. The number of ether oxygens (including phenoxy) is 1. The van der Waals surface area contributed by atoms with Gasteiger partial charge in [0.2, 0.25) is 0 Å². The molecular weight excluding hydrogens is 302 g/mol. The molecule has 3 nitrogen and oxygen atoms in total. The minimum Gasteiger partial charge on any atom is -0.465 e. The van der Waals surface area contributed by atoms with Crippen LogP contribution in [0.4, 0.5) is 0 Å². The van der Waals surface area contributed by atoms with Gasteiger partial charge in [0, 0.05) is 16.1 Å². The van der Waals surface area contributed by atoms with Crippen molar-refractivity contribution in [2.45, 2.75) is 23.7 Å². The third kappa shape index (κ3) is 2.25. The molecule has 1 aliphatic carbocycles. The van der Waals surface area contributed by atoms with Gasteiger partial charge < -0.3 is 10.5 Å². The number of carbonyl (C=O) groups is 1. The lowest BCUT2D eigenvalue weighted by atomic mass is 10.2. The second-order valence-electron chi connectivity index (χ2n) is 3.24. The van der Waals surface area contributed by atoms with Crippen LogP contribution in [0.5, 0.6) is 0 Å². The molecule has 3 atom stereocenters. The van der Waals surface area contributed by atoms with Gasteiger partial charge in [-0.1, -0.05) is 31.9 Å². The maximum absolute atomic E-state index is 11.4. The average molecular weight is 315 g/mol. The molecule has 1 saturated carbocycles. The third-order valence-electron chi connectivity index (χ3n) is 2.30. The summed E-state index contributed by atoms with van der Waals surface area (Å²) in [5, 5.41) is 0.802. The minimum atomic E-state index is -0.738. The van der Waals surface area contributed by atoms with Crippen LogP contribution in [0.1, 0.15) is 13.3 Å². The average Bonchev–Trinajstić information content (AvgIpc) is 2.79. The monoisotopic (exact) mass is 313 g/mol. The lowest BCUT2D eigenvalue weighted by Gasteiger charge is -2.12. The van der Waals surface area contributed by atoms with Gasteiger partial charge in [-0.2, -0.15) is 0 Å². The van der Waals surface area contributed by atoms with Crippen LogP contribution in [0, 0.1) is 5.92 Å². The molecule has 2 N–H and O–H groups in total. The van der Waals surface area contributed by atoms with E-state index in [1.54, 1.807) is 6.92 Å². The Labute approximate surface area is 94.6 Å². The molecule has 0 spiro atoms. The number of hydrogen-bond acceptors (Lipinski definition) is 3. The Balaban J connectivity index is 2.49. The van der Waals surface area contributed by atoms with Gasteiger partial charge in [0.05, 0.1) is 6.61 Å². The van der Waals surface area contributed by atoms with Crippen LogP contribution in [0.2, 0.25) is 0 Å². The van der Waals surface area contributed by atoms with Gasteiger partial charge in [0.1, 0.15) is 5.54 Å². The zero-order valence-corrected chi connectivity index (χ0v) is 10.6. The Kier molecular flexibility index (Phi) is 3.77. The molecule has 0 bridgehead atoms. The summed E-state index contributed by atoms with van der Waals surface area (Å²) < 4.78 is 4.89. The van der Waals surface area contributed by atoms with Gasteiger partial charge in [-0.15, -0.1) is 0 Å². The zero-order valence-electron chi connectivity index (χ0n) is 7.43. The molecule has 1 fully saturated rings. The number of halogens is 2. The van der Waals surface area contributed by atoms with Crippen molar-refractivity contribution in [2.75, 3.05) is 11.9 Å². The predicted octanol–water partition coefficient (Wildman–Crippen LogP) is 1.43. The Morgan fingerprint density at radius 3 is 2.92 bits per heavy atom. The zero-order chi connectivity index (χ0) is 10.1. The van der Waals surface area contributed by atoms with Crippen LogP contribution >= 0.6 is 31.9 Å². The first kappa shape index (κ1) is 11.5. The van der Waals surface area contributed by atoms with Gasteiger partial charge in [-0.25, -0.2) is 0 Å². The van der Waals surface area contributed by atoms with Crippen LogP contribution in [-0.4, -0.2) is 28.3 Å². The normalized spacial score (nSPS) is 34.0. The molecule has 1 aliphatic rings. The highest BCUT2D eigenvalue weighted by atomic mass is 79.9. The lowest BCUT2D eigenvalue weighted by molar-refractivity contribution is -0.146. The summed E-state index contributed by atoms with van der Waals surface area (Å²) in [6.45, 7) is 2.18. The second kappa shape index (κ2) is 4.28. The Morgan fingerprint density at radius 2 is 2.46 bits per heavy atom. The van der Waals surface area contributed by atoms with Crippen molar-refractivity contribution in [3.8, 4) is 0 Å². The van der Waals surface area contributed by atoms with Crippen molar-refractivity contribution in [1.29, 1.82) is 0 Å². The summed E-state index contributed by atoms with van der Waals surface area (Å²) in [5.74, 6) is -0.0728. The maximum Gasteiger partial charge on any atom is 0.326 e. The molecule has 0 saturated heterocycles. The van der Waals surface area contributed by atoms with Crippen molar-refractivity contribution in [3.63, 3.8) is 0 Å². The van der Waals surface area contributed by atoms with Crippen LogP contribution < -0.4 is 5.73 Å². The van der Waals surface area contributed by atoms with Crippen molar-refractivity contribution in [2.24, 2.45) is 11.7 Å². The highest BCUT2D eigenvalue weighted by molar-refractivity contribution is 9.12. The first-order valence-electron chi connectivity index (χ1n) is 4.22. The van der Waals surface area contributed by atoms with Gasteiger partial charge in [-0.3, -0.25) is 4.79 Å². The van der Waals surface area contributed by atoms with Crippen LogP contribution in [0.25, 0.3) is 0 Å². The van der Waals surface area contributed by atoms with Gasteiger partial charge in [0.25, 0.3) is 0 Å². The van der Waals surface area contributed by atoms with Crippen LogP contribution in [-0.2, 0) is 9.53 Å². The first-order chi connectivity index (χ1) is 6.06. The maximum atomic E-state index is 11.4. The van der Waals surface area contributed by atoms with E-state index in [1.807, 2.05) is 0 Å². The van der Waals surface area contributed by atoms with E-state index in [4.69, 9.17) is 10.5 Å². The van der Waals surface area contributed by atoms with Crippen LogP contribution in [0.15, 0.2) is 0 Å². The smallest absolute Gasteiger partial charge is 0.326 e. The van der Waals surface area contributed by atoms with E-state index < -0.39 is 5.54 Å². The molecule has 1 unspecified atom stereocenters. The quantitative estimate of drug-likeness (QED) is 0.631. The summed E-state index contributed by atoms with van der Waals surface area (Å²) in [7, 11) is 0. The molecular formula is C8H13Br2NO2. The highest BCUT2D eigenvalue weighted by Gasteiger charge is 2.60. The molecule has 0 aromatic rings. The van der Waals surface area contributed by atoms with E-state index in [0.717, 1.165) is 5.33 Å². The predicted molar refractivity (Wildman–Crippen MR) is 58.2 cm³/mol. The number of hydrogen-bond donors (Lipinski definition) is 1. The Hall–Kier alpha value is 0.390. The Morgan fingerprint density at radius 1 is 1.85 bits per heavy atom. The van der Waals surface area contributed by atoms with E-state index >= 15 is 0 Å². The molecule has 0 aromatic heterocycles. The van der Waals surface area contributed by atoms with Gasteiger partial charge in [-0.05, 0) is 13.3 Å². The molecule has 0 aliphatic heterocycles. The molecule has 5 heteroatoms. The standard InChI is InChI=1S/C8H13Br2NO2/c1-2-13-7(12)8(11)3-5(8)6(10)4-9/h5-6H,2-4,11H2,1H3/t5-,6?,8+/m0/s1. The summed E-state index contributed by atoms with van der Waals surface area (Å²) >= 11 is 6.80. The molecule has 0 heterocycles. The fourth-order valence-electron chi connectivity index (χ4n) is 1.36. The molecule has 76 valence electrons.